The lowest BCUT2D eigenvalue weighted by molar-refractivity contribution is -0.166. The van der Waals surface area contributed by atoms with Gasteiger partial charge in [-0.2, -0.15) is 0 Å². The van der Waals surface area contributed by atoms with Crippen molar-refractivity contribution >= 4 is 17.9 Å². The number of carbonyl (C=O) groups is 3. The highest BCUT2D eigenvalue weighted by Crippen LogP contribution is 2.13. The first-order chi connectivity index (χ1) is 35.0. The molecule has 0 N–H and O–H groups in total. The highest BCUT2D eigenvalue weighted by molar-refractivity contribution is 5.71. The van der Waals surface area contributed by atoms with Gasteiger partial charge in [0, 0.05) is 19.3 Å². The third-order valence-corrected chi connectivity index (χ3v) is 11.0. The molecular formula is C65H100O6. The van der Waals surface area contributed by atoms with E-state index in [0.717, 1.165) is 141 Å². The monoisotopic (exact) mass is 977 g/mol. The van der Waals surface area contributed by atoms with Gasteiger partial charge < -0.3 is 14.2 Å². The lowest BCUT2D eigenvalue weighted by atomic mass is 10.1. The van der Waals surface area contributed by atoms with Crippen molar-refractivity contribution in [3.8, 4) is 0 Å². The fourth-order valence-corrected chi connectivity index (χ4v) is 6.94. The van der Waals surface area contributed by atoms with Crippen molar-refractivity contribution in [2.75, 3.05) is 13.2 Å². The summed E-state index contributed by atoms with van der Waals surface area (Å²) in [7, 11) is 0. The van der Waals surface area contributed by atoms with E-state index in [2.05, 4.69) is 167 Å². The van der Waals surface area contributed by atoms with Gasteiger partial charge in [-0.1, -0.05) is 224 Å². The van der Waals surface area contributed by atoms with Gasteiger partial charge in [-0.15, -0.1) is 0 Å². The minimum Gasteiger partial charge on any atom is -0.462 e. The molecule has 0 radical (unpaired) electrons. The first-order valence-corrected chi connectivity index (χ1v) is 28.0. The van der Waals surface area contributed by atoms with Gasteiger partial charge in [0.1, 0.15) is 13.2 Å². The molecule has 0 aromatic carbocycles. The van der Waals surface area contributed by atoms with Crippen LogP contribution < -0.4 is 0 Å². The summed E-state index contributed by atoms with van der Waals surface area (Å²) in [6.45, 7) is 6.19. The van der Waals surface area contributed by atoms with E-state index in [1.807, 2.05) is 12.2 Å². The predicted molar refractivity (Wildman–Crippen MR) is 306 cm³/mol. The first-order valence-electron chi connectivity index (χ1n) is 28.0. The summed E-state index contributed by atoms with van der Waals surface area (Å²) in [5.41, 5.74) is 0. The number of allylic oxidation sites excluding steroid dienone is 26. The van der Waals surface area contributed by atoms with Crippen molar-refractivity contribution in [2.45, 2.75) is 219 Å². The third-order valence-electron chi connectivity index (χ3n) is 11.0. The predicted octanol–water partition coefficient (Wildman–Crippen LogP) is 19.0. The minimum absolute atomic E-state index is 0.124. The molecule has 0 heterocycles. The Kier molecular flexibility index (Phi) is 53.6. The highest BCUT2D eigenvalue weighted by atomic mass is 16.6. The zero-order chi connectivity index (χ0) is 51.4. The number of rotatable bonds is 48. The summed E-state index contributed by atoms with van der Waals surface area (Å²) in [5.74, 6) is -1.05. The van der Waals surface area contributed by atoms with Crippen LogP contribution in [0.3, 0.4) is 0 Å². The van der Waals surface area contributed by atoms with E-state index < -0.39 is 6.10 Å². The Labute approximate surface area is 435 Å². The molecule has 0 bridgehead atoms. The Morgan fingerprint density at radius 1 is 0.282 bits per heavy atom. The smallest absolute Gasteiger partial charge is 0.306 e. The maximum absolute atomic E-state index is 12.8. The fraction of sp³-hybridized carbons (Fsp3) is 0.554. The van der Waals surface area contributed by atoms with Crippen LogP contribution in [0.25, 0.3) is 0 Å². The number of unbranched alkanes of at least 4 members (excludes halogenated alkanes) is 11. The van der Waals surface area contributed by atoms with E-state index in [4.69, 9.17) is 14.2 Å². The van der Waals surface area contributed by atoms with Crippen LogP contribution in [-0.4, -0.2) is 37.2 Å². The molecule has 396 valence electrons. The van der Waals surface area contributed by atoms with Gasteiger partial charge in [0.15, 0.2) is 6.10 Å². The van der Waals surface area contributed by atoms with Crippen LogP contribution in [0.15, 0.2) is 158 Å². The molecule has 0 aliphatic heterocycles. The first kappa shape index (κ1) is 66.0. The molecule has 0 aromatic heterocycles. The molecule has 0 aromatic rings. The Bertz CT molecular complexity index is 1640. The van der Waals surface area contributed by atoms with Crippen LogP contribution in [0.1, 0.15) is 213 Å². The maximum atomic E-state index is 12.8. The van der Waals surface area contributed by atoms with Gasteiger partial charge in [0.2, 0.25) is 0 Å². The van der Waals surface area contributed by atoms with E-state index in [9.17, 15) is 14.4 Å². The quantitative estimate of drug-likeness (QED) is 0.0262. The normalized spacial score (nSPS) is 13.3. The standard InChI is InChI=1S/C65H100O6/c1-4-7-10-13-16-19-22-25-28-31-32-35-37-40-43-46-49-52-55-58-64(67)70-61-62(71-65(68)59-56-53-50-47-44-41-38-34-30-27-24-21-18-15-12-9-6-3)60-69-63(66)57-54-51-48-45-42-39-36-33-29-26-23-20-17-14-11-8-5-2/h7-12,16-21,25-30,32,35,38,40-41,43,49,52,62H,4-6,13-15,22-24,31,33-34,36-37,39,42,44-48,50-51,53-61H2,1-3H3/b10-7-,11-8-,12-9-,19-16-,20-17-,21-18-,28-25-,29-26-,30-27-,35-32-,41-38-,43-40-,52-49-. The van der Waals surface area contributed by atoms with Crippen molar-refractivity contribution in [1.82, 2.24) is 0 Å². The van der Waals surface area contributed by atoms with Crippen molar-refractivity contribution in [2.24, 2.45) is 0 Å². The van der Waals surface area contributed by atoms with E-state index >= 15 is 0 Å². The number of hydrogen-bond acceptors (Lipinski definition) is 6. The van der Waals surface area contributed by atoms with E-state index in [1.54, 1.807) is 0 Å². The summed E-state index contributed by atoms with van der Waals surface area (Å²) in [6, 6.07) is 0. The molecule has 0 amide bonds. The van der Waals surface area contributed by atoms with Gasteiger partial charge in [0.05, 0.1) is 0 Å². The Morgan fingerprint density at radius 3 is 0.873 bits per heavy atom. The van der Waals surface area contributed by atoms with Crippen LogP contribution in [0.2, 0.25) is 0 Å². The summed E-state index contributed by atoms with van der Waals surface area (Å²) in [5, 5.41) is 0. The summed E-state index contributed by atoms with van der Waals surface area (Å²) in [4.78, 5) is 38.1. The fourth-order valence-electron chi connectivity index (χ4n) is 6.94. The lowest BCUT2D eigenvalue weighted by Crippen LogP contribution is -2.30. The molecule has 1 atom stereocenters. The number of hydrogen-bond donors (Lipinski definition) is 0. The average molecular weight is 978 g/mol. The molecule has 6 heteroatoms. The molecule has 0 saturated carbocycles. The zero-order valence-corrected chi connectivity index (χ0v) is 45.2. The minimum atomic E-state index is -0.835. The van der Waals surface area contributed by atoms with E-state index in [1.165, 1.54) is 25.7 Å². The van der Waals surface area contributed by atoms with Crippen LogP contribution >= 0.6 is 0 Å². The van der Waals surface area contributed by atoms with E-state index in [0.29, 0.717) is 12.8 Å². The molecule has 1 unspecified atom stereocenters. The Balaban J connectivity index is 4.60. The van der Waals surface area contributed by atoms with Crippen LogP contribution in [0, 0.1) is 0 Å². The summed E-state index contributed by atoms with van der Waals surface area (Å²) < 4.78 is 16.8. The van der Waals surface area contributed by atoms with Crippen molar-refractivity contribution in [3.63, 3.8) is 0 Å². The van der Waals surface area contributed by atoms with Crippen molar-refractivity contribution in [3.05, 3.63) is 158 Å². The van der Waals surface area contributed by atoms with Gasteiger partial charge in [-0.25, -0.2) is 0 Å². The molecule has 6 nitrogen and oxygen atoms in total. The summed E-state index contributed by atoms with van der Waals surface area (Å²) >= 11 is 0. The molecule has 0 aliphatic rings. The topological polar surface area (TPSA) is 78.9 Å². The molecular weight excluding hydrogens is 877 g/mol. The van der Waals surface area contributed by atoms with Gasteiger partial charge in [0.25, 0.3) is 0 Å². The highest BCUT2D eigenvalue weighted by Gasteiger charge is 2.19. The number of esters is 3. The zero-order valence-electron chi connectivity index (χ0n) is 45.2. The second-order valence-electron chi connectivity index (χ2n) is 17.7. The molecule has 0 aliphatic carbocycles. The Morgan fingerprint density at radius 2 is 0.535 bits per heavy atom. The molecule has 0 fully saturated rings. The van der Waals surface area contributed by atoms with Crippen LogP contribution in [0.4, 0.5) is 0 Å². The van der Waals surface area contributed by atoms with E-state index in [-0.39, 0.29) is 44.0 Å². The molecule has 0 spiro atoms. The number of carbonyl (C=O) groups excluding carboxylic acids is 3. The molecule has 0 rings (SSSR count). The number of ether oxygens (including phenoxy) is 3. The van der Waals surface area contributed by atoms with Crippen molar-refractivity contribution < 1.29 is 28.6 Å². The molecule has 71 heavy (non-hydrogen) atoms. The van der Waals surface area contributed by atoms with Crippen LogP contribution in [0.5, 0.6) is 0 Å². The van der Waals surface area contributed by atoms with Crippen molar-refractivity contribution in [1.29, 1.82) is 0 Å². The van der Waals surface area contributed by atoms with Crippen LogP contribution in [-0.2, 0) is 28.6 Å². The third kappa shape index (κ3) is 55.8. The maximum Gasteiger partial charge on any atom is 0.306 e. The SMILES string of the molecule is CC/C=C\C/C=C\C/C=C\C/C=C\C/C=C\C/C=C\CCC(=O)OCC(COC(=O)CCCCCCCCC/C=C\C/C=C\C/C=C\CC)OC(=O)CCCCCC/C=C\C/C=C\C/C=C\C/C=C\CC. The summed E-state index contributed by atoms with van der Waals surface area (Å²) in [6.07, 6.45) is 83.8. The second kappa shape index (κ2) is 57.6. The molecule has 0 saturated heterocycles. The lowest BCUT2D eigenvalue weighted by Gasteiger charge is -2.18. The van der Waals surface area contributed by atoms with Gasteiger partial charge in [-0.05, 0) is 128 Å². The largest absolute Gasteiger partial charge is 0.462 e. The average Bonchev–Trinajstić information content (AvgIpc) is 3.37. The second-order valence-corrected chi connectivity index (χ2v) is 17.7. The Hall–Kier alpha value is -4.97. The van der Waals surface area contributed by atoms with Gasteiger partial charge in [-0.3, -0.25) is 14.4 Å². The van der Waals surface area contributed by atoms with Gasteiger partial charge >= 0.3 is 17.9 Å².